The van der Waals surface area contributed by atoms with Crippen LogP contribution < -0.4 is 0 Å². The van der Waals surface area contributed by atoms with E-state index in [1.54, 1.807) is 4.68 Å². The molecule has 1 aromatic heterocycles. The zero-order valence-electron chi connectivity index (χ0n) is 10.9. The fourth-order valence-corrected chi connectivity index (χ4v) is 2.01. The van der Waals surface area contributed by atoms with E-state index in [9.17, 15) is 9.90 Å². The lowest BCUT2D eigenvalue weighted by atomic mass is 10.1. The Morgan fingerprint density at radius 1 is 1.26 bits per heavy atom. The average Bonchev–Trinajstić information content (AvgIpc) is 2.84. The summed E-state index contributed by atoms with van der Waals surface area (Å²) in [5.74, 6) is -1.04. The number of aromatic nitrogens is 3. The minimum Gasteiger partial charge on any atom is -0.476 e. The second-order valence-electron chi connectivity index (χ2n) is 4.39. The van der Waals surface area contributed by atoms with Crippen molar-refractivity contribution in [3.8, 4) is 11.3 Å². The van der Waals surface area contributed by atoms with Gasteiger partial charge in [0.05, 0.1) is 0 Å². The zero-order valence-corrected chi connectivity index (χ0v) is 10.9. The second kappa shape index (κ2) is 6.13. The Morgan fingerprint density at radius 2 is 2.00 bits per heavy atom. The number of hydrogen-bond donors (Lipinski definition) is 1. The maximum absolute atomic E-state index is 11.2. The monoisotopic (exact) mass is 259 g/mol. The molecule has 0 radical (unpaired) electrons. The van der Waals surface area contributed by atoms with Crippen LogP contribution >= 0.6 is 0 Å². The van der Waals surface area contributed by atoms with Gasteiger partial charge in [-0.05, 0) is 6.42 Å². The van der Waals surface area contributed by atoms with Gasteiger partial charge in [-0.25, -0.2) is 9.48 Å². The molecule has 100 valence electrons. The van der Waals surface area contributed by atoms with Crippen LogP contribution in [0.15, 0.2) is 30.3 Å². The molecule has 0 spiro atoms. The summed E-state index contributed by atoms with van der Waals surface area (Å²) in [4.78, 5) is 11.2. The average molecular weight is 259 g/mol. The highest BCUT2D eigenvalue weighted by Gasteiger charge is 2.19. The predicted octanol–water partition coefficient (Wildman–Crippen LogP) is 2.83. The standard InChI is InChI=1S/C14H17N3O2/c1-2-3-7-10-17-13(11-8-5-4-6-9-11)12(14(18)19)15-16-17/h4-6,8-9H,2-3,7,10H2,1H3,(H,18,19). The topological polar surface area (TPSA) is 68.0 Å². The van der Waals surface area contributed by atoms with Gasteiger partial charge in [0, 0.05) is 12.1 Å². The number of nitrogens with zero attached hydrogens (tertiary/aromatic N) is 3. The molecular formula is C14H17N3O2. The Labute approximate surface area is 111 Å². The molecule has 0 unspecified atom stereocenters. The van der Waals surface area contributed by atoms with Crippen LogP contribution in [0.3, 0.4) is 0 Å². The summed E-state index contributed by atoms with van der Waals surface area (Å²) in [5, 5.41) is 17.0. The molecule has 0 aliphatic carbocycles. The van der Waals surface area contributed by atoms with Gasteiger partial charge < -0.3 is 5.11 Å². The summed E-state index contributed by atoms with van der Waals surface area (Å²) >= 11 is 0. The lowest BCUT2D eigenvalue weighted by molar-refractivity contribution is 0.0691. The van der Waals surface area contributed by atoms with Gasteiger partial charge in [-0.15, -0.1) is 5.10 Å². The smallest absolute Gasteiger partial charge is 0.358 e. The van der Waals surface area contributed by atoms with Gasteiger partial charge in [-0.2, -0.15) is 0 Å². The molecule has 0 saturated carbocycles. The summed E-state index contributed by atoms with van der Waals surface area (Å²) in [6.45, 7) is 2.82. The molecule has 0 fully saturated rings. The van der Waals surface area contributed by atoms with Crippen molar-refractivity contribution in [2.24, 2.45) is 0 Å². The molecule has 0 atom stereocenters. The van der Waals surface area contributed by atoms with Crippen molar-refractivity contribution >= 4 is 5.97 Å². The normalized spacial score (nSPS) is 10.6. The van der Waals surface area contributed by atoms with E-state index in [1.807, 2.05) is 30.3 Å². The maximum Gasteiger partial charge on any atom is 0.358 e. The number of unbranched alkanes of at least 4 members (excludes halogenated alkanes) is 2. The third-order valence-corrected chi connectivity index (χ3v) is 2.96. The van der Waals surface area contributed by atoms with E-state index in [0.717, 1.165) is 24.8 Å². The van der Waals surface area contributed by atoms with Crippen LogP contribution in [0, 0.1) is 0 Å². The van der Waals surface area contributed by atoms with Gasteiger partial charge in [0.2, 0.25) is 0 Å². The molecule has 0 aliphatic heterocycles. The Bertz CT molecular complexity index is 549. The maximum atomic E-state index is 11.2. The number of benzene rings is 1. The van der Waals surface area contributed by atoms with Gasteiger partial charge in [-0.1, -0.05) is 55.3 Å². The quantitative estimate of drug-likeness (QED) is 0.810. The number of rotatable bonds is 6. The zero-order chi connectivity index (χ0) is 13.7. The summed E-state index contributed by atoms with van der Waals surface area (Å²) in [6.07, 6.45) is 3.18. The molecule has 2 rings (SSSR count). The number of aryl methyl sites for hydroxylation is 1. The van der Waals surface area contributed by atoms with Crippen LogP contribution in [0.2, 0.25) is 0 Å². The largest absolute Gasteiger partial charge is 0.476 e. The lowest BCUT2D eigenvalue weighted by Crippen LogP contribution is -2.05. The molecule has 5 heteroatoms. The molecule has 19 heavy (non-hydrogen) atoms. The minimum atomic E-state index is -1.04. The SMILES string of the molecule is CCCCCn1nnc(C(=O)O)c1-c1ccccc1. The predicted molar refractivity (Wildman–Crippen MR) is 71.9 cm³/mol. The number of hydrogen-bond acceptors (Lipinski definition) is 3. The van der Waals surface area contributed by atoms with E-state index in [2.05, 4.69) is 17.2 Å². The van der Waals surface area contributed by atoms with Crippen LogP contribution in [0.5, 0.6) is 0 Å². The Hall–Kier alpha value is -2.17. The van der Waals surface area contributed by atoms with Crippen LogP contribution in [0.4, 0.5) is 0 Å². The number of carboxylic acids is 1. The summed E-state index contributed by atoms with van der Waals surface area (Å²) < 4.78 is 1.69. The van der Waals surface area contributed by atoms with Crippen LogP contribution in [0.1, 0.15) is 36.7 Å². The van der Waals surface area contributed by atoms with Crippen LogP contribution in [0.25, 0.3) is 11.3 Å². The first kappa shape index (κ1) is 13.3. The third-order valence-electron chi connectivity index (χ3n) is 2.96. The molecule has 0 amide bonds. The molecule has 2 aromatic rings. The second-order valence-corrected chi connectivity index (χ2v) is 4.39. The molecule has 1 aromatic carbocycles. The van der Waals surface area contributed by atoms with Crippen molar-refractivity contribution in [2.75, 3.05) is 0 Å². The first-order valence-corrected chi connectivity index (χ1v) is 6.46. The van der Waals surface area contributed by atoms with Gasteiger partial charge in [0.1, 0.15) is 5.69 Å². The Balaban J connectivity index is 2.37. The van der Waals surface area contributed by atoms with E-state index in [1.165, 1.54) is 0 Å². The van der Waals surface area contributed by atoms with Gasteiger partial charge in [-0.3, -0.25) is 0 Å². The van der Waals surface area contributed by atoms with Crippen LogP contribution in [-0.4, -0.2) is 26.1 Å². The van der Waals surface area contributed by atoms with E-state index < -0.39 is 5.97 Å². The molecule has 0 aliphatic rings. The Morgan fingerprint density at radius 3 is 2.63 bits per heavy atom. The van der Waals surface area contributed by atoms with Crippen LogP contribution in [-0.2, 0) is 6.54 Å². The van der Waals surface area contributed by atoms with Crippen molar-refractivity contribution in [2.45, 2.75) is 32.7 Å². The number of carboxylic acid groups (broad SMARTS) is 1. The lowest BCUT2D eigenvalue weighted by Gasteiger charge is -2.06. The fraction of sp³-hybridized carbons (Fsp3) is 0.357. The molecule has 1 N–H and O–H groups in total. The molecular weight excluding hydrogens is 242 g/mol. The van der Waals surface area contributed by atoms with Gasteiger partial charge in [0.15, 0.2) is 5.69 Å². The van der Waals surface area contributed by atoms with Gasteiger partial charge >= 0.3 is 5.97 Å². The highest BCUT2D eigenvalue weighted by atomic mass is 16.4. The summed E-state index contributed by atoms with van der Waals surface area (Å²) in [7, 11) is 0. The molecule has 5 nitrogen and oxygen atoms in total. The van der Waals surface area contributed by atoms with E-state index in [4.69, 9.17) is 0 Å². The molecule has 1 heterocycles. The summed E-state index contributed by atoms with van der Waals surface area (Å²) in [6, 6.07) is 9.41. The van der Waals surface area contributed by atoms with Crippen molar-refractivity contribution in [3.63, 3.8) is 0 Å². The van der Waals surface area contributed by atoms with Crippen molar-refractivity contribution in [1.29, 1.82) is 0 Å². The van der Waals surface area contributed by atoms with Crippen molar-refractivity contribution in [3.05, 3.63) is 36.0 Å². The fourth-order valence-electron chi connectivity index (χ4n) is 2.01. The number of aromatic carboxylic acids is 1. The highest BCUT2D eigenvalue weighted by molar-refractivity contribution is 5.92. The van der Waals surface area contributed by atoms with E-state index in [-0.39, 0.29) is 5.69 Å². The first-order chi connectivity index (χ1) is 9.24. The third kappa shape index (κ3) is 2.99. The van der Waals surface area contributed by atoms with Crippen molar-refractivity contribution in [1.82, 2.24) is 15.0 Å². The molecule has 0 bridgehead atoms. The van der Waals surface area contributed by atoms with Crippen molar-refractivity contribution < 1.29 is 9.90 Å². The van der Waals surface area contributed by atoms with E-state index >= 15 is 0 Å². The van der Waals surface area contributed by atoms with E-state index in [0.29, 0.717) is 12.2 Å². The van der Waals surface area contributed by atoms with Gasteiger partial charge in [0.25, 0.3) is 0 Å². The summed E-state index contributed by atoms with van der Waals surface area (Å²) in [5.41, 5.74) is 1.44. The number of carbonyl (C=O) groups is 1. The highest BCUT2D eigenvalue weighted by Crippen LogP contribution is 2.22. The molecule has 0 saturated heterocycles. The first-order valence-electron chi connectivity index (χ1n) is 6.46. The Kier molecular flexibility index (Phi) is 4.28. The minimum absolute atomic E-state index is 0.0164.